The molecule has 3 aromatic heterocycles. The van der Waals surface area contributed by atoms with Gasteiger partial charge in [-0.2, -0.15) is 4.31 Å². The van der Waals surface area contributed by atoms with E-state index in [4.69, 9.17) is 0 Å². The first kappa shape index (κ1) is 27.3. The van der Waals surface area contributed by atoms with Crippen LogP contribution in [0, 0.1) is 5.92 Å². The van der Waals surface area contributed by atoms with Gasteiger partial charge < -0.3 is 10.6 Å². The van der Waals surface area contributed by atoms with Crippen LogP contribution in [0.1, 0.15) is 43.6 Å². The van der Waals surface area contributed by atoms with Crippen LogP contribution in [-0.4, -0.2) is 70.4 Å². The number of carbonyl (C=O) groups is 3. The lowest BCUT2D eigenvalue weighted by Crippen LogP contribution is -2.52. The maximum Gasteiger partial charge on any atom is 0.270 e. The average molecular weight is 539 g/mol. The SMILES string of the molecule is CC(C)C[C@H](NC(=O)c1ccc2cccnc2n1)C(=O)NC1CCCN(S(=O)(=O)c2ccccn2)CC1=O. The molecule has 1 aliphatic rings. The minimum Gasteiger partial charge on any atom is -0.344 e. The molecule has 2 amide bonds. The minimum atomic E-state index is -3.95. The molecule has 4 heterocycles. The molecule has 0 saturated carbocycles. The third kappa shape index (κ3) is 6.37. The van der Waals surface area contributed by atoms with E-state index in [2.05, 4.69) is 25.6 Å². The van der Waals surface area contributed by atoms with E-state index in [1.807, 2.05) is 19.9 Å². The van der Waals surface area contributed by atoms with Crippen molar-refractivity contribution in [3.8, 4) is 0 Å². The fourth-order valence-corrected chi connectivity index (χ4v) is 5.65. The Labute approximate surface area is 221 Å². The second kappa shape index (κ2) is 11.7. The molecule has 1 unspecified atom stereocenters. The van der Waals surface area contributed by atoms with Crippen LogP contribution in [0.15, 0.2) is 59.9 Å². The molecular weight excluding hydrogens is 508 g/mol. The zero-order chi connectivity index (χ0) is 27.3. The molecule has 0 aliphatic carbocycles. The largest absolute Gasteiger partial charge is 0.344 e. The van der Waals surface area contributed by atoms with Gasteiger partial charge >= 0.3 is 0 Å². The molecule has 11 nitrogen and oxygen atoms in total. The van der Waals surface area contributed by atoms with Crippen LogP contribution in [0.5, 0.6) is 0 Å². The summed E-state index contributed by atoms with van der Waals surface area (Å²) in [4.78, 5) is 51.6. The summed E-state index contributed by atoms with van der Waals surface area (Å²) in [6.07, 6.45) is 3.95. The fourth-order valence-electron chi connectivity index (χ4n) is 4.27. The average Bonchev–Trinajstić information content (AvgIpc) is 3.09. The van der Waals surface area contributed by atoms with Gasteiger partial charge in [0.05, 0.1) is 12.6 Å². The van der Waals surface area contributed by atoms with Gasteiger partial charge in [-0.1, -0.05) is 19.9 Å². The molecule has 38 heavy (non-hydrogen) atoms. The molecule has 0 radical (unpaired) electrons. The predicted octanol–water partition coefficient (Wildman–Crippen LogP) is 1.71. The van der Waals surface area contributed by atoms with Crippen molar-refractivity contribution in [1.82, 2.24) is 29.9 Å². The van der Waals surface area contributed by atoms with Crippen molar-refractivity contribution in [3.05, 3.63) is 60.6 Å². The summed E-state index contributed by atoms with van der Waals surface area (Å²) in [7, 11) is -3.95. The standard InChI is InChI=1S/C26H30N6O5S/c1-17(2)15-21(31-25(34)20-11-10-18-7-5-13-28-24(18)29-20)26(35)30-19-8-6-14-32(16-22(19)33)38(36,37)23-9-3-4-12-27-23/h3-5,7,9-13,17,19,21H,6,8,14-16H2,1-2H3,(H,30,35)(H,31,34)/t19?,21-/m0/s1. The van der Waals surface area contributed by atoms with Crippen molar-refractivity contribution in [1.29, 1.82) is 0 Å². The highest BCUT2D eigenvalue weighted by Gasteiger charge is 2.35. The summed E-state index contributed by atoms with van der Waals surface area (Å²) in [5.74, 6) is -1.39. The van der Waals surface area contributed by atoms with Gasteiger partial charge in [-0.05, 0) is 61.6 Å². The topological polar surface area (TPSA) is 151 Å². The molecule has 1 aliphatic heterocycles. The third-order valence-electron chi connectivity index (χ3n) is 6.21. The second-order valence-corrected chi connectivity index (χ2v) is 11.5. The van der Waals surface area contributed by atoms with Gasteiger partial charge in [-0.25, -0.2) is 23.4 Å². The van der Waals surface area contributed by atoms with Gasteiger partial charge in [-0.15, -0.1) is 0 Å². The molecule has 4 rings (SSSR count). The fraction of sp³-hybridized carbons (Fsp3) is 0.385. The van der Waals surface area contributed by atoms with E-state index in [-0.39, 0.29) is 36.1 Å². The number of fused-ring (bicyclic) bond motifs is 1. The first-order valence-electron chi connectivity index (χ1n) is 12.4. The number of amides is 2. The van der Waals surface area contributed by atoms with Gasteiger partial charge in [0.15, 0.2) is 16.5 Å². The first-order chi connectivity index (χ1) is 18.1. The smallest absolute Gasteiger partial charge is 0.270 e. The van der Waals surface area contributed by atoms with E-state index >= 15 is 0 Å². The number of sulfonamides is 1. The molecule has 0 aromatic carbocycles. The quantitative estimate of drug-likeness (QED) is 0.440. The van der Waals surface area contributed by atoms with Gasteiger partial charge in [0.1, 0.15) is 11.7 Å². The number of Topliss-reactive ketones (excluding diaryl/α,β-unsaturated/α-hetero) is 1. The lowest BCUT2D eigenvalue weighted by Gasteiger charge is -2.23. The molecule has 1 fully saturated rings. The zero-order valence-electron chi connectivity index (χ0n) is 21.2. The molecule has 0 spiro atoms. The summed E-state index contributed by atoms with van der Waals surface area (Å²) in [5, 5.41) is 6.13. The van der Waals surface area contributed by atoms with Crippen molar-refractivity contribution in [2.75, 3.05) is 13.1 Å². The normalized spacial score (nSPS) is 17.7. The van der Waals surface area contributed by atoms with E-state index in [1.54, 1.807) is 36.5 Å². The van der Waals surface area contributed by atoms with Gasteiger partial charge in [0.25, 0.3) is 15.9 Å². The van der Waals surface area contributed by atoms with Crippen LogP contribution in [0.4, 0.5) is 0 Å². The summed E-state index contributed by atoms with van der Waals surface area (Å²) >= 11 is 0. The number of pyridine rings is 3. The maximum absolute atomic E-state index is 13.2. The monoisotopic (exact) mass is 538 g/mol. The van der Waals surface area contributed by atoms with Crippen LogP contribution in [0.25, 0.3) is 11.0 Å². The predicted molar refractivity (Wildman–Crippen MR) is 139 cm³/mol. The molecular formula is C26H30N6O5S. The molecule has 2 atom stereocenters. The number of ketones is 1. The van der Waals surface area contributed by atoms with E-state index in [0.29, 0.717) is 18.5 Å². The van der Waals surface area contributed by atoms with Crippen molar-refractivity contribution in [3.63, 3.8) is 0 Å². The number of aromatic nitrogens is 3. The highest BCUT2D eigenvalue weighted by molar-refractivity contribution is 7.89. The van der Waals surface area contributed by atoms with Crippen molar-refractivity contribution < 1.29 is 22.8 Å². The van der Waals surface area contributed by atoms with Crippen molar-refractivity contribution in [2.45, 2.75) is 50.2 Å². The van der Waals surface area contributed by atoms with Crippen molar-refractivity contribution in [2.24, 2.45) is 5.92 Å². The number of nitrogens with one attached hydrogen (secondary N) is 2. The number of hydrogen-bond donors (Lipinski definition) is 2. The first-order valence-corrected chi connectivity index (χ1v) is 13.9. The van der Waals surface area contributed by atoms with Crippen LogP contribution < -0.4 is 10.6 Å². The molecule has 1 saturated heterocycles. The van der Waals surface area contributed by atoms with E-state index in [0.717, 1.165) is 9.69 Å². The Balaban J connectivity index is 1.44. The number of carbonyl (C=O) groups excluding carboxylic acids is 3. The van der Waals surface area contributed by atoms with Crippen LogP contribution in [-0.2, 0) is 19.6 Å². The molecule has 200 valence electrons. The number of hydrogen-bond acceptors (Lipinski definition) is 8. The van der Waals surface area contributed by atoms with Crippen molar-refractivity contribution >= 4 is 38.7 Å². The van der Waals surface area contributed by atoms with E-state index in [9.17, 15) is 22.8 Å². The maximum atomic E-state index is 13.2. The lowest BCUT2D eigenvalue weighted by molar-refractivity contribution is -0.129. The third-order valence-corrected chi connectivity index (χ3v) is 7.97. The molecule has 3 aromatic rings. The Morgan fingerprint density at radius 1 is 1.08 bits per heavy atom. The molecule has 0 bridgehead atoms. The Morgan fingerprint density at radius 3 is 2.61 bits per heavy atom. The van der Waals surface area contributed by atoms with E-state index < -0.39 is 39.7 Å². The summed E-state index contributed by atoms with van der Waals surface area (Å²) in [6, 6.07) is 9.67. The minimum absolute atomic E-state index is 0.0705. The van der Waals surface area contributed by atoms with Gasteiger partial charge in [0.2, 0.25) is 5.91 Å². The number of nitrogens with zero attached hydrogens (tertiary/aromatic N) is 4. The van der Waals surface area contributed by atoms with E-state index in [1.165, 1.54) is 12.3 Å². The Hall–Kier alpha value is -3.77. The van der Waals surface area contributed by atoms with Crippen LogP contribution >= 0.6 is 0 Å². The lowest BCUT2D eigenvalue weighted by atomic mass is 10.0. The molecule has 12 heteroatoms. The van der Waals surface area contributed by atoms with Crippen LogP contribution in [0.2, 0.25) is 0 Å². The Bertz CT molecular complexity index is 1430. The van der Waals surface area contributed by atoms with Gasteiger partial charge in [-0.3, -0.25) is 14.4 Å². The van der Waals surface area contributed by atoms with Gasteiger partial charge in [0, 0.05) is 24.3 Å². The summed E-state index contributed by atoms with van der Waals surface area (Å²) in [6.45, 7) is 3.59. The summed E-state index contributed by atoms with van der Waals surface area (Å²) < 4.78 is 27.0. The highest BCUT2D eigenvalue weighted by atomic mass is 32.2. The Kier molecular flexibility index (Phi) is 8.42. The number of rotatable bonds is 8. The summed E-state index contributed by atoms with van der Waals surface area (Å²) in [5.41, 5.74) is 0.540. The second-order valence-electron chi connectivity index (χ2n) is 9.58. The molecule has 2 N–H and O–H groups in total. The zero-order valence-corrected chi connectivity index (χ0v) is 22.0. The Morgan fingerprint density at radius 2 is 1.87 bits per heavy atom. The highest BCUT2D eigenvalue weighted by Crippen LogP contribution is 2.18. The van der Waals surface area contributed by atoms with Crippen LogP contribution in [0.3, 0.4) is 0 Å².